The predicted octanol–water partition coefficient (Wildman–Crippen LogP) is 7.81. The van der Waals surface area contributed by atoms with Crippen molar-refractivity contribution in [1.82, 2.24) is 4.90 Å². The molecule has 3 aromatic carbocycles. The van der Waals surface area contributed by atoms with Crippen molar-refractivity contribution in [1.29, 1.82) is 0 Å². The number of carbonyl (C=O) groups excluding carboxylic acids is 2. The van der Waals surface area contributed by atoms with Gasteiger partial charge < -0.3 is 43.8 Å². The molecule has 62 heavy (non-hydrogen) atoms. The maximum atomic E-state index is 14.3. The van der Waals surface area contributed by atoms with Crippen molar-refractivity contribution in [3.8, 4) is 17.2 Å². The summed E-state index contributed by atoms with van der Waals surface area (Å²) >= 11 is 6.04. The lowest BCUT2D eigenvalue weighted by Gasteiger charge is -2.59. The number of ether oxygens (including phenoxy) is 5. The van der Waals surface area contributed by atoms with E-state index in [0.717, 1.165) is 48.7 Å². The Labute approximate surface area is 368 Å². The van der Waals surface area contributed by atoms with Crippen LogP contribution in [0.5, 0.6) is 17.2 Å². The van der Waals surface area contributed by atoms with Gasteiger partial charge in [0.2, 0.25) is 5.79 Å². The van der Waals surface area contributed by atoms with Gasteiger partial charge in [-0.2, -0.15) is 0 Å². The summed E-state index contributed by atoms with van der Waals surface area (Å²) in [6, 6.07) is 21.5. The minimum atomic E-state index is -1.53. The predicted molar refractivity (Wildman–Crippen MR) is 235 cm³/mol. The molecule has 6 rings (SSSR count). The number of benzene rings is 3. The number of hydrogen-bond acceptors (Lipinski definition) is 12. The van der Waals surface area contributed by atoms with Crippen molar-refractivity contribution in [2.75, 3.05) is 58.7 Å². The second-order valence-corrected chi connectivity index (χ2v) is 16.0. The Kier molecular flexibility index (Phi) is 17.8. The molecule has 2 aliphatic carbocycles. The van der Waals surface area contributed by atoms with E-state index in [-0.39, 0.29) is 89.5 Å². The molecular formula is C48H59ClN2O11. The molecule has 0 saturated heterocycles. The first-order chi connectivity index (χ1) is 30.4. The van der Waals surface area contributed by atoms with E-state index in [2.05, 4.69) is 12.7 Å². The van der Waals surface area contributed by atoms with Crippen LogP contribution in [-0.4, -0.2) is 109 Å². The number of aldehydes is 1. The smallest absolute Gasteiger partial charge is 0.410 e. The molecule has 1 fully saturated rings. The summed E-state index contributed by atoms with van der Waals surface area (Å²) in [5.41, 5.74) is 3.78. The van der Waals surface area contributed by atoms with Crippen LogP contribution >= 0.6 is 11.6 Å². The van der Waals surface area contributed by atoms with Crippen molar-refractivity contribution in [3.63, 3.8) is 0 Å². The van der Waals surface area contributed by atoms with Gasteiger partial charge in [0.05, 0.1) is 43.9 Å². The van der Waals surface area contributed by atoms with E-state index in [4.69, 9.17) is 45.3 Å². The van der Waals surface area contributed by atoms with Crippen molar-refractivity contribution >= 4 is 29.7 Å². The largest absolute Gasteiger partial charge is 0.459 e. The average Bonchev–Trinajstić information content (AvgIpc) is 3.29. The maximum absolute atomic E-state index is 14.3. The zero-order valence-corrected chi connectivity index (χ0v) is 35.9. The summed E-state index contributed by atoms with van der Waals surface area (Å²) in [6.07, 6.45) is 8.52. The number of oxime groups is 1. The summed E-state index contributed by atoms with van der Waals surface area (Å²) in [5.74, 6) is -0.748. The Bertz CT molecular complexity index is 1980. The van der Waals surface area contributed by atoms with Gasteiger partial charge in [0, 0.05) is 43.2 Å². The quantitative estimate of drug-likeness (QED) is 0.0250. The molecule has 0 aromatic heterocycles. The van der Waals surface area contributed by atoms with Crippen LogP contribution in [0.25, 0.3) is 0 Å². The van der Waals surface area contributed by atoms with Crippen LogP contribution in [0.2, 0.25) is 0 Å². The van der Waals surface area contributed by atoms with Gasteiger partial charge in [0.15, 0.2) is 0 Å². The number of rotatable bonds is 25. The van der Waals surface area contributed by atoms with Gasteiger partial charge in [0.1, 0.15) is 42.8 Å². The molecular weight excluding hydrogens is 816 g/mol. The van der Waals surface area contributed by atoms with E-state index in [1.54, 1.807) is 35.2 Å². The molecule has 0 radical (unpaired) electrons. The van der Waals surface area contributed by atoms with Crippen molar-refractivity contribution in [2.45, 2.75) is 69.3 Å². The van der Waals surface area contributed by atoms with Crippen LogP contribution in [0.15, 0.2) is 102 Å². The molecule has 6 atom stereocenters. The maximum Gasteiger partial charge on any atom is 0.410 e. The zero-order chi connectivity index (χ0) is 43.7. The van der Waals surface area contributed by atoms with Crippen molar-refractivity contribution in [2.24, 2.45) is 22.9 Å². The number of nitrogens with zero attached hydrogens (tertiary/aromatic N) is 2. The number of amides is 1. The second-order valence-electron chi connectivity index (χ2n) is 15.7. The molecule has 0 unspecified atom stereocenters. The van der Waals surface area contributed by atoms with E-state index in [9.17, 15) is 24.9 Å². The fourth-order valence-electron chi connectivity index (χ4n) is 9.17. The van der Waals surface area contributed by atoms with E-state index in [0.29, 0.717) is 41.4 Å². The molecule has 1 saturated carbocycles. The normalized spacial score (nSPS) is 23.0. The fourth-order valence-corrected chi connectivity index (χ4v) is 9.25. The van der Waals surface area contributed by atoms with Crippen molar-refractivity contribution < 1.29 is 53.4 Å². The number of alkyl halides is 1. The summed E-state index contributed by atoms with van der Waals surface area (Å²) in [6.45, 7) is 4.40. The minimum Gasteiger partial charge on any atom is -0.459 e. The highest BCUT2D eigenvalue weighted by molar-refractivity contribution is 6.18. The van der Waals surface area contributed by atoms with E-state index < -0.39 is 23.8 Å². The highest BCUT2D eigenvalue weighted by atomic mass is 35.5. The van der Waals surface area contributed by atoms with Gasteiger partial charge in [0.25, 0.3) is 0 Å². The molecule has 0 spiro atoms. The Morgan fingerprint density at radius 3 is 2.47 bits per heavy atom. The first kappa shape index (κ1) is 46.7. The van der Waals surface area contributed by atoms with Crippen LogP contribution in [0.1, 0.15) is 72.3 Å². The van der Waals surface area contributed by atoms with Crippen molar-refractivity contribution in [3.05, 3.63) is 114 Å². The minimum absolute atomic E-state index is 0.0148. The van der Waals surface area contributed by atoms with Gasteiger partial charge in [-0.3, -0.25) is 9.69 Å². The first-order valence-electron chi connectivity index (χ1n) is 21.6. The Morgan fingerprint density at radius 2 is 1.73 bits per heavy atom. The standard InChI is InChI=1S/C48H59ClN2O11/c1-2-24-59-48-44(51(20-26-57-27-23-54)47(56)58-25-19-49)31-42(50-60-33-34-11-4-3-5-12-34)40-29-36(14-6-8-21-52)39(16-7-9-22-53)45(46(40)48)41-30-38(17-18-43(41)62-48)61-37-15-10-13-35(28-37)32-55/h2-5,10-13,15,17-18,28-30,32,36,39,44-46,52-54H,1,6-9,14,16,19-27,31,33H2/t36-,39+,44-,45+,46+,48+/m0/s1. The number of carbonyl (C=O) groups is 2. The summed E-state index contributed by atoms with van der Waals surface area (Å²) in [7, 11) is 0. The van der Waals surface area contributed by atoms with E-state index >= 15 is 0 Å². The number of aliphatic hydroxyl groups excluding tert-OH is 3. The zero-order valence-electron chi connectivity index (χ0n) is 35.2. The Hall–Kier alpha value is -4.76. The summed E-state index contributed by atoms with van der Waals surface area (Å²) < 4.78 is 32.1. The number of aliphatic hydroxyl groups is 3. The monoisotopic (exact) mass is 874 g/mol. The SMILES string of the molecule is C=CCO[C@@]12Oc3ccc(Oc4cccc(C=O)c4)cc3[C@H]3[C@H](CCCCO)[C@@H](CCCCO)C=C(C(=NOCc4ccccc4)C[C@@H]1N(CCOCCO)C(=O)OCCCl)[C@H]32. The lowest BCUT2D eigenvalue weighted by atomic mass is 9.55. The molecule has 3 aromatic rings. The van der Waals surface area contributed by atoms with Gasteiger partial charge in [-0.05, 0) is 79.0 Å². The second kappa shape index (κ2) is 23.6. The third kappa shape index (κ3) is 11.2. The van der Waals surface area contributed by atoms with Crippen LogP contribution in [-0.2, 0) is 25.7 Å². The molecule has 334 valence electrons. The van der Waals surface area contributed by atoms with Gasteiger partial charge >= 0.3 is 6.09 Å². The number of unbranched alkanes of at least 4 members (excludes halogenated alkanes) is 2. The highest BCUT2D eigenvalue weighted by Gasteiger charge is 2.65. The first-order valence-corrected chi connectivity index (χ1v) is 22.1. The molecule has 1 heterocycles. The van der Waals surface area contributed by atoms with E-state index in [1.807, 2.05) is 48.5 Å². The molecule has 1 amide bonds. The molecule has 1 aliphatic heterocycles. The lowest BCUT2D eigenvalue weighted by molar-refractivity contribution is -0.256. The highest BCUT2D eigenvalue weighted by Crippen LogP contribution is 2.62. The molecule has 13 nitrogen and oxygen atoms in total. The lowest BCUT2D eigenvalue weighted by Crippen LogP contribution is -2.70. The molecule has 3 aliphatic rings. The molecule has 0 bridgehead atoms. The molecule has 14 heteroatoms. The number of halogens is 1. The molecule has 3 N–H and O–H groups in total. The average molecular weight is 875 g/mol. The van der Waals surface area contributed by atoms with Crippen LogP contribution in [0, 0.1) is 17.8 Å². The summed E-state index contributed by atoms with van der Waals surface area (Å²) in [5, 5.41) is 34.2. The Morgan fingerprint density at radius 1 is 0.935 bits per heavy atom. The topological polar surface area (TPSA) is 166 Å². The van der Waals surface area contributed by atoms with Gasteiger partial charge in [-0.1, -0.05) is 72.6 Å². The van der Waals surface area contributed by atoms with Gasteiger partial charge in [-0.15, -0.1) is 18.2 Å². The number of allylic oxidation sites excluding steroid dienone is 1. The van der Waals surface area contributed by atoms with Crippen LogP contribution < -0.4 is 9.47 Å². The van der Waals surface area contributed by atoms with Crippen LogP contribution in [0.4, 0.5) is 4.79 Å². The van der Waals surface area contributed by atoms with Crippen LogP contribution in [0.3, 0.4) is 0 Å². The number of fused-ring (bicyclic) bond motifs is 2. The summed E-state index contributed by atoms with van der Waals surface area (Å²) in [4.78, 5) is 33.7. The third-order valence-corrected chi connectivity index (χ3v) is 11.9. The third-order valence-electron chi connectivity index (χ3n) is 11.7. The fraction of sp³-hybridized carbons (Fsp3) is 0.479. The Balaban J connectivity index is 1.58. The number of hydrogen-bond donors (Lipinski definition) is 3. The van der Waals surface area contributed by atoms with E-state index in [1.165, 1.54) is 0 Å². The van der Waals surface area contributed by atoms with Gasteiger partial charge in [-0.25, -0.2) is 4.79 Å².